The van der Waals surface area contributed by atoms with Crippen LogP contribution in [-0.4, -0.2) is 12.7 Å². The van der Waals surface area contributed by atoms with Crippen molar-refractivity contribution in [2.45, 2.75) is 52.3 Å². The average molecular weight is 283 g/mol. The lowest BCUT2D eigenvalue weighted by molar-refractivity contribution is -0.0507. The molecule has 1 aliphatic carbocycles. The summed E-state index contributed by atoms with van der Waals surface area (Å²) in [5.74, 6) is 1.77. The number of para-hydroxylation sites is 1. The molecule has 4 heteroatoms. The van der Waals surface area contributed by atoms with Gasteiger partial charge < -0.3 is 10.1 Å². The summed E-state index contributed by atoms with van der Waals surface area (Å²) in [6, 6.07) is 7.50. The first-order valence-corrected chi connectivity index (χ1v) is 7.27. The van der Waals surface area contributed by atoms with Crippen molar-refractivity contribution in [3.63, 3.8) is 0 Å². The molecule has 1 atom stereocenters. The fourth-order valence-electron chi connectivity index (χ4n) is 2.83. The lowest BCUT2D eigenvalue weighted by atomic mass is 9.73. The van der Waals surface area contributed by atoms with Crippen LogP contribution in [-0.2, 0) is 0 Å². The molecular formula is C16H23F2NO. The Morgan fingerprint density at radius 1 is 1.15 bits per heavy atom. The molecule has 1 aromatic carbocycles. The third kappa shape index (κ3) is 3.69. The van der Waals surface area contributed by atoms with Gasteiger partial charge in [-0.25, -0.2) is 0 Å². The zero-order valence-electron chi connectivity index (χ0n) is 12.3. The van der Waals surface area contributed by atoms with Gasteiger partial charge in [0, 0.05) is 17.6 Å². The zero-order valence-corrected chi connectivity index (χ0v) is 12.3. The summed E-state index contributed by atoms with van der Waals surface area (Å²) in [5.41, 5.74) is 0.792. The standard InChI is InChI=1S/C16H23F2NO/c1-10(2)12-8-13(9-12)19-11(3)14-6-4-5-7-15(14)20-16(17)18/h4-7,10-13,16,19H,8-9H2,1-3H3. The minimum absolute atomic E-state index is 0.0167. The molecule has 112 valence electrons. The number of ether oxygens (including phenoxy) is 1. The second kappa shape index (κ2) is 6.53. The first kappa shape index (κ1) is 15.2. The molecule has 1 aromatic rings. The zero-order chi connectivity index (χ0) is 14.7. The van der Waals surface area contributed by atoms with E-state index < -0.39 is 6.61 Å². The van der Waals surface area contributed by atoms with E-state index in [2.05, 4.69) is 23.9 Å². The van der Waals surface area contributed by atoms with Crippen molar-refractivity contribution in [1.29, 1.82) is 0 Å². The molecule has 0 heterocycles. The van der Waals surface area contributed by atoms with Crippen molar-refractivity contribution in [1.82, 2.24) is 5.32 Å². The van der Waals surface area contributed by atoms with Crippen molar-refractivity contribution < 1.29 is 13.5 Å². The van der Waals surface area contributed by atoms with E-state index in [9.17, 15) is 8.78 Å². The molecule has 2 nitrogen and oxygen atoms in total. The smallest absolute Gasteiger partial charge is 0.387 e. The molecule has 0 bridgehead atoms. The van der Waals surface area contributed by atoms with Crippen LogP contribution in [0.2, 0.25) is 0 Å². The summed E-state index contributed by atoms with van der Waals surface area (Å²) in [6.45, 7) is 3.71. The lowest BCUT2D eigenvalue weighted by Gasteiger charge is -2.40. The molecule has 0 saturated heterocycles. The monoisotopic (exact) mass is 283 g/mol. The van der Waals surface area contributed by atoms with E-state index in [0.29, 0.717) is 6.04 Å². The Balaban J connectivity index is 1.94. The van der Waals surface area contributed by atoms with Crippen LogP contribution in [0.3, 0.4) is 0 Å². The molecule has 0 amide bonds. The second-order valence-corrected chi connectivity index (χ2v) is 5.98. The van der Waals surface area contributed by atoms with Gasteiger partial charge in [-0.1, -0.05) is 32.0 Å². The maximum atomic E-state index is 12.4. The Kier molecular flexibility index (Phi) is 4.97. The normalized spacial score (nSPS) is 23.8. The SMILES string of the molecule is CC(NC1CC(C(C)C)C1)c1ccccc1OC(F)F. The summed E-state index contributed by atoms with van der Waals surface area (Å²) in [5, 5.41) is 3.51. The Hall–Kier alpha value is -1.16. The third-order valence-corrected chi connectivity index (χ3v) is 4.20. The van der Waals surface area contributed by atoms with Gasteiger partial charge >= 0.3 is 6.61 Å². The Morgan fingerprint density at radius 3 is 2.40 bits per heavy atom. The molecule has 1 saturated carbocycles. The van der Waals surface area contributed by atoms with Crippen molar-refractivity contribution in [2.24, 2.45) is 11.8 Å². The number of rotatable bonds is 6. The summed E-state index contributed by atoms with van der Waals surface area (Å²) >= 11 is 0. The van der Waals surface area contributed by atoms with Gasteiger partial charge in [0.15, 0.2) is 0 Å². The highest BCUT2D eigenvalue weighted by Crippen LogP contribution is 2.36. The molecule has 0 spiro atoms. The summed E-state index contributed by atoms with van der Waals surface area (Å²) in [4.78, 5) is 0. The topological polar surface area (TPSA) is 21.3 Å². The maximum Gasteiger partial charge on any atom is 0.387 e. The lowest BCUT2D eigenvalue weighted by Crippen LogP contribution is -2.44. The van der Waals surface area contributed by atoms with Crippen LogP contribution in [0.15, 0.2) is 24.3 Å². The number of benzene rings is 1. The quantitative estimate of drug-likeness (QED) is 0.837. The summed E-state index contributed by atoms with van der Waals surface area (Å²) < 4.78 is 29.4. The van der Waals surface area contributed by atoms with Crippen LogP contribution < -0.4 is 10.1 Å². The van der Waals surface area contributed by atoms with Gasteiger partial charge in [0.2, 0.25) is 0 Å². The van der Waals surface area contributed by atoms with E-state index in [1.807, 2.05) is 19.1 Å². The molecule has 1 aliphatic rings. The molecule has 0 aromatic heterocycles. The predicted molar refractivity (Wildman–Crippen MR) is 76.0 cm³/mol. The fourth-order valence-corrected chi connectivity index (χ4v) is 2.83. The van der Waals surface area contributed by atoms with Crippen LogP contribution in [0.5, 0.6) is 5.75 Å². The summed E-state index contributed by atoms with van der Waals surface area (Å²) in [7, 11) is 0. The molecule has 1 unspecified atom stereocenters. The fraction of sp³-hybridized carbons (Fsp3) is 0.625. The van der Waals surface area contributed by atoms with Crippen LogP contribution in [0.25, 0.3) is 0 Å². The first-order valence-electron chi connectivity index (χ1n) is 7.27. The predicted octanol–water partition coefficient (Wildman–Crippen LogP) is 4.37. The van der Waals surface area contributed by atoms with E-state index in [-0.39, 0.29) is 11.8 Å². The summed E-state index contributed by atoms with van der Waals surface area (Å²) in [6.07, 6.45) is 2.33. The van der Waals surface area contributed by atoms with Crippen LogP contribution in [0.1, 0.15) is 45.2 Å². The van der Waals surface area contributed by atoms with E-state index >= 15 is 0 Å². The Bertz CT molecular complexity index is 430. The van der Waals surface area contributed by atoms with Gasteiger partial charge in [0.25, 0.3) is 0 Å². The molecule has 2 rings (SSSR count). The van der Waals surface area contributed by atoms with Crippen molar-refractivity contribution in [3.8, 4) is 5.75 Å². The number of nitrogens with one attached hydrogen (secondary N) is 1. The highest BCUT2D eigenvalue weighted by Gasteiger charge is 2.32. The Labute approximate surface area is 119 Å². The van der Waals surface area contributed by atoms with E-state index in [4.69, 9.17) is 0 Å². The van der Waals surface area contributed by atoms with Gasteiger partial charge in [0.05, 0.1) is 0 Å². The highest BCUT2D eigenvalue weighted by atomic mass is 19.3. The number of hydrogen-bond acceptors (Lipinski definition) is 2. The molecule has 20 heavy (non-hydrogen) atoms. The van der Waals surface area contributed by atoms with Gasteiger partial charge in [-0.3, -0.25) is 0 Å². The molecule has 0 radical (unpaired) electrons. The molecular weight excluding hydrogens is 260 g/mol. The van der Waals surface area contributed by atoms with E-state index in [0.717, 1.165) is 17.4 Å². The minimum atomic E-state index is -2.78. The maximum absolute atomic E-state index is 12.4. The van der Waals surface area contributed by atoms with Gasteiger partial charge in [0.1, 0.15) is 5.75 Å². The number of hydrogen-bond donors (Lipinski definition) is 1. The first-order chi connectivity index (χ1) is 9.47. The van der Waals surface area contributed by atoms with Gasteiger partial charge in [-0.05, 0) is 37.7 Å². The Morgan fingerprint density at radius 2 is 1.80 bits per heavy atom. The van der Waals surface area contributed by atoms with Crippen molar-refractivity contribution >= 4 is 0 Å². The number of alkyl halides is 2. The molecule has 0 aliphatic heterocycles. The highest BCUT2D eigenvalue weighted by molar-refractivity contribution is 5.35. The van der Waals surface area contributed by atoms with Crippen LogP contribution in [0, 0.1) is 11.8 Å². The molecule has 1 N–H and O–H groups in total. The third-order valence-electron chi connectivity index (χ3n) is 4.20. The van der Waals surface area contributed by atoms with Crippen LogP contribution in [0.4, 0.5) is 8.78 Å². The average Bonchev–Trinajstić information content (AvgIpc) is 2.32. The van der Waals surface area contributed by atoms with Crippen molar-refractivity contribution in [3.05, 3.63) is 29.8 Å². The van der Waals surface area contributed by atoms with E-state index in [1.165, 1.54) is 12.8 Å². The second-order valence-electron chi connectivity index (χ2n) is 5.98. The van der Waals surface area contributed by atoms with Gasteiger partial charge in [-0.2, -0.15) is 8.78 Å². The number of halogens is 2. The largest absolute Gasteiger partial charge is 0.434 e. The molecule has 1 fully saturated rings. The minimum Gasteiger partial charge on any atom is -0.434 e. The van der Waals surface area contributed by atoms with Crippen molar-refractivity contribution in [2.75, 3.05) is 0 Å². The van der Waals surface area contributed by atoms with Gasteiger partial charge in [-0.15, -0.1) is 0 Å². The van der Waals surface area contributed by atoms with Crippen LogP contribution >= 0.6 is 0 Å². The van der Waals surface area contributed by atoms with E-state index in [1.54, 1.807) is 12.1 Å².